The predicted octanol–water partition coefficient (Wildman–Crippen LogP) is 4.74. The van der Waals surface area contributed by atoms with E-state index in [9.17, 15) is 9.59 Å². The van der Waals surface area contributed by atoms with Crippen molar-refractivity contribution < 1.29 is 9.21 Å². The molecule has 10 heteroatoms. The van der Waals surface area contributed by atoms with E-state index in [2.05, 4.69) is 32.2 Å². The van der Waals surface area contributed by atoms with Gasteiger partial charge >= 0.3 is 0 Å². The van der Waals surface area contributed by atoms with Gasteiger partial charge in [0.05, 0.1) is 33.1 Å². The number of aromatic nitrogens is 4. The van der Waals surface area contributed by atoms with Crippen LogP contribution >= 0.6 is 11.3 Å². The maximum absolute atomic E-state index is 14.2. The highest BCUT2D eigenvalue weighted by atomic mass is 32.1. The van der Waals surface area contributed by atoms with Crippen molar-refractivity contribution in [2.75, 3.05) is 5.73 Å². The molecule has 0 aliphatic carbocycles. The van der Waals surface area contributed by atoms with Crippen molar-refractivity contribution >= 4 is 39.7 Å². The van der Waals surface area contributed by atoms with Crippen molar-refractivity contribution in [3.63, 3.8) is 0 Å². The second-order valence-electron chi connectivity index (χ2n) is 9.08. The normalized spacial score (nSPS) is 11.8. The van der Waals surface area contributed by atoms with Crippen LogP contribution in [0.5, 0.6) is 0 Å². The molecule has 40 heavy (non-hydrogen) atoms. The van der Waals surface area contributed by atoms with Crippen molar-refractivity contribution in [2.24, 2.45) is 0 Å². The summed E-state index contributed by atoms with van der Waals surface area (Å²) >= 11 is 1.44. The van der Waals surface area contributed by atoms with Crippen molar-refractivity contribution in [3.8, 4) is 23.0 Å². The predicted molar refractivity (Wildman–Crippen MR) is 154 cm³/mol. The average molecular weight is 547 g/mol. The molecular weight excluding hydrogens is 524 g/mol. The molecule has 0 radical (unpaired) electrons. The molecule has 0 unspecified atom stereocenters. The van der Waals surface area contributed by atoms with E-state index in [-0.39, 0.29) is 16.8 Å². The zero-order chi connectivity index (χ0) is 27.8. The van der Waals surface area contributed by atoms with Crippen LogP contribution in [0.1, 0.15) is 45.2 Å². The number of nitrogens with one attached hydrogen (secondary N) is 1. The van der Waals surface area contributed by atoms with Crippen molar-refractivity contribution in [1.29, 1.82) is 0 Å². The molecule has 6 aromatic rings. The van der Waals surface area contributed by atoms with E-state index < -0.39 is 11.9 Å². The van der Waals surface area contributed by atoms with E-state index in [4.69, 9.17) is 10.2 Å². The van der Waals surface area contributed by atoms with Gasteiger partial charge in [-0.2, -0.15) is 0 Å². The molecule has 0 saturated carbocycles. The first-order valence-corrected chi connectivity index (χ1v) is 13.3. The van der Waals surface area contributed by atoms with Gasteiger partial charge in [0.2, 0.25) is 5.43 Å². The number of rotatable bonds is 4. The fraction of sp³-hybridized carbons (Fsp3) is 0.100. The molecule has 0 bridgehead atoms. The molecule has 0 fully saturated rings. The first kappa shape index (κ1) is 25.0. The van der Waals surface area contributed by atoms with Crippen molar-refractivity contribution in [2.45, 2.75) is 19.9 Å². The second kappa shape index (κ2) is 10.1. The Kier molecular flexibility index (Phi) is 6.34. The summed E-state index contributed by atoms with van der Waals surface area (Å²) in [7, 11) is 0. The zero-order valence-electron chi connectivity index (χ0n) is 21.5. The minimum Gasteiger partial charge on any atom is -0.458 e. The van der Waals surface area contributed by atoms with Gasteiger partial charge in [-0.3, -0.25) is 9.59 Å². The zero-order valence-corrected chi connectivity index (χ0v) is 22.3. The molecule has 9 nitrogen and oxygen atoms in total. The number of nitrogens with zero attached hydrogens (tertiary/aromatic N) is 4. The number of carbonyl (C=O) groups is 1. The van der Waals surface area contributed by atoms with Gasteiger partial charge in [0, 0.05) is 18.0 Å². The first-order valence-electron chi connectivity index (χ1n) is 12.4. The lowest BCUT2D eigenvalue weighted by Crippen LogP contribution is -2.28. The minimum atomic E-state index is -0.701. The van der Waals surface area contributed by atoms with E-state index in [1.165, 1.54) is 15.9 Å². The number of anilines is 1. The lowest BCUT2D eigenvalue weighted by molar-refractivity contribution is 0.0938. The van der Waals surface area contributed by atoms with Gasteiger partial charge in [-0.15, -0.1) is 16.4 Å². The molecule has 3 N–H and O–H groups in total. The number of hydrogen-bond acceptors (Lipinski definition) is 8. The molecule has 1 amide bonds. The molecule has 0 spiro atoms. The van der Waals surface area contributed by atoms with E-state index in [1.807, 2.05) is 37.3 Å². The van der Waals surface area contributed by atoms with Gasteiger partial charge < -0.3 is 15.5 Å². The number of nitrogens with two attached hydrogens (primary N) is 1. The topological polar surface area (TPSA) is 128 Å². The van der Waals surface area contributed by atoms with Gasteiger partial charge in [-0.1, -0.05) is 42.3 Å². The third-order valence-electron chi connectivity index (χ3n) is 6.46. The highest BCUT2D eigenvalue weighted by molar-refractivity contribution is 7.10. The quantitative estimate of drug-likeness (QED) is 0.306. The van der Waals surface area contributed by atoms with Crippen LogP contribution in [0.3, 0.4) is 0 Å². The number of carbonyl (C=O) groups excluding carboxylic acids is 1. The van der Waals surface area contributed by atoms with Crippen LogP contribution in [0.2, 0.25) is 0 Å². The SMILES string of the molecule is Cc1ncsc1C#Cc1cccc2oc([C@H](C)NC(=O)c3c(N)nn4cccnc34)c(-c3ccccc3)c(=O)c12. The summed E-state index contributed by atoms with van der Waals surface area (Å²) in [6.45, 7) is 3.64. The molecule has 196 valence electrons. The molecule has 1 atom stereocenters. The summed E-state index contributed by atoms with van der Waals surface area (Å²) in [6.07, 6.45) is 3.22. The fourth-order valence-electron chi connectivity index (χ4n) is 4.55. The minimum absolute atomic E-state index is 0.0473. The van der Waals surface area contributed by atoms with E-state index >= 15 is 0 Å². The van der Waals surface area contributed by atoms with Crippen LogP contribution < -0.4 is 16.5 Å². The molecular formula is C30H22N6O3S. The number of nitrogen functional groups attached to an aromatic ring is 1. The molecule has 6 rings (SSSR count). The maximum atomic E-state index is 14.2. The summed E-state index contributed by atoms with van der Waals surface area (Å²) in [4.78, 5) is 36.8. The molecule has 0 aliphatic heterocycles. The first-order chi connectivity index (χ1) is 19.4. The Morgan fingerprint density at radius 1 is 1.10 bits per heavy atom. The Bertz CT molecular complexity index is 2030. The Morgan fingerprint density at radius 2 is 1.93 bits per heavy atom. The van der Waals surface area contributed by atoms with E-state index in [1.54, 1.807) is 49.1 Å². The largest absolute Gasteiger partial charge is 0.458 e. The highest BCUT2D eigenvalue weighted by Gasteiger charge is 2.26. The molecule has 4 heterocycles. The third kappa shape index (κ3) is 4.38. The van der Waals surface area contributed by atoms with Crippen molar-refractivity contribution in [3.05, 3.63) is 110 Å². The number of amides is 1. The van der Waals surface area contributed by atoms with Crippen LogP contribution in [0.25, 0.3) is 27.7 Å². The lowest BCUT2D eigenvalue weighted by Gasteiger charge is -2.18. The Hall–Kier alpha value is -5.27. The van der Waals surface area contributed by atoms with Gasteiger partial charge in [0.15, 0.2) is 11.5 Å². The van der Waals surface area contributed by atoms with Crippen LogP contribution in [0.15, 0.2) is 81.7 Å². The smallest absolute Gasteiger partial charge is 0.259 e. The van der Waals surface area contributed by atoms with Crippen LogP contribution in [-0.2, 0) is 0 Å². The fourth-order valence-corrected chi connectivity index (χ4v) is 5.20. The summed E-state index contributed by atoms with van der Waals surface area (Å²) in [6, 6.07) is 15.5. The standard InChI is InChI=1S/C30H22N6O3S/c1-17-22(40-16-33-17)13-12-20-10-6-11-21-23(20)26(37)24(19-8-4-3-5-9-19)27(39-21)18(2)34-30(38)25-28(31)35-36-15-7-14-32-29(25)36/h3-11,14-16,18H,1-2H3,(H2,31,35)(H,34,38)/t18-/m0/s1. The monoisotopic (exact) mass is 546 g/mol. The Balaban J connectivity index is 1.48. The third-order valence-corrected chi connectivity index (χ3v) is 7.30. The molecule has 0 saturated heterocycles. The summed E-state index contributed by atoms with van der Waals surface area (Å²) < 4.78 is 7.81. The molecule has 0 aliphatic rings. The van der Waals surface area contributed by atoms with Gasteiger partial charge in [-0.25, -0.2) is 14.5 Å². The number of aryl methyl sites for hydroxylation is 1. The van der Waals surface area contributed by atoms with Crippen molar-refractivity contribution in [1.82, 2.24) is 24.9 Å². The number of fused-ring (bicyclic) bond motifs is 2. The summed E-state index contributed by atoms with van der Waals surface area (Å²) in [5, 5.41) is 7.46. The summed E-state index contributed by atoms with van der Waals surface area (Å²) in [5.41, 5.74) is 10.8. The number of benzene rings is 2. The lowest BCUT2D eigenvalue weighted by atomic mass is 9.97. The van der Waals surface area contributed by atoms with E-state index in [0.717, 1.165) is 10.6 Å². The average Bonchev–Trinajstić information content (AvgIpc) is 3.53. The van der Waals surface area contributed by atoms with Gasteiger partial charge in [0.25, 0.3) is 5.91 Å². The second-order valence-corrected chi connectivity index (χ2v) is 9.93. The van der Waals surface area contributed by atoms with E-state index in [0.29, 0.717) is 39.1 Å². The van der Waals surface area contributed by atoms with Crippen LogP contribution in [-0.4, -0.2) is 25.5 Å². The van der Waals surface area contributed by atoms with Crippen LogP contribution in [0, 0.1) is 18.8 Å². The van der Waals surface area contributed by atoms with Gasteiger partial charge in [-0.05, 0) is 43.5 Å². The Labute approximate surface area is 232 Å². The molecule has 4 aromatic heterocycles. The summed E-state index contributed by atoms with van der Waals surface area (Å²) in [5.74, 6) is 6.13. The van der Waals surface area contributed by atoms with Gasteiger partial charge in [0.1, 0.15) is 16.9 Å². The Morgan fingerprint density at radius 3 is 2.70 bits per heavy atom. The maximum Gasteiger partial charge on any atom is 0.259 e. The van der Waals surface area contributed by atoms with Crippen LogP contribution in [0.4, 0.5) is 5.82 Å². The highest BCUT2D eigenvalue weighted by Crippen LogP contribution is 2.30. The molecule has 2 aromatic carbocycles. The number of hydrogen-bond donors (Lipinski definition) is 2. The number of thiazole rings is 1.